The maximum absolute atomic E-state index is 12.4. The SMILES string of the molecule is CCc1ccc(C(=O)N2CCCC(C(=O)OC)C2)s1. The Morgan fingerprint density at radius 2 is 2.26 bits per heavy atom. The molecule has 1 saturated heterocycles. The third kappa shape index (κ3) is 3.15. The summed E-state index contributed by atoms with van der Waals surface area (Å²) >= 11 is 1.54. The molecule has 0 saturated carbocycles. The number of methoxy groups -OCH3 is 1. The van der Waals surface area contributed by atoms with Crippen molar-refractivity contribution in [2.24, 2.45) is 5.92 Å². The van der Waals surface area contributed by atoms with Crippen LogP contribution in [0.15, 0.2) is 12.1 Å². The minimum atomic E-state index is -0.210. The van der Waals surface area contributed by atoms with Crippen LogP contribution in [0, 0.1) is 5.92 Å². The van der Waals surface area contributed by atoms with Gasteiger partial charge in [-0.2, -0.15) is 0 Å². The van der Waals surface area contributed by atoms with Crippen LogP contribution in [0.5, 0.6) is 0 Å². The van der Waals surface area contributed by atoms with Gasteiger partial charge in [-0.05, 0) is 31.4 Å². The number of hydrogen-bond donors (Lipinski definition) is 0. The van der Waals surface area contributed by atoms with Gasteiger partial charge in [-0.15, -0.1) is 11.3 Å². The lowest BCUT2D eigenvalue weighted by molar-refractivity contribution is -0.146. The lowest BCUT2D eigenvalue weighted by Crippen LogP contribution is -2.42. The maximum Gasteiger partial charge on any atom is 0.310 e. The number of amides is 1. The summed E-state index contributed by atoms with van der Waals surface area (Å²) < 4.78 is 4.77. The Morgan fingerprint density at radius 1 is 1.47 bits per heavy atom. The lowest BCUT2D eigenvalue weighted by atomic mass is 9.98. The van der Waals surface area contributed by atoms with Crippen molar-refractivity contribution >= 4 is 23.2 Å². The molecule has 1 amide bonds. The first-order valence-electron chi connectivity index (χ1n) is 6.61. The van der Waals surface area contributed by atoms with Crippen LogP contribution in [-0.4, -0.2) is 37.0 Å². The molecule has 2 heterocycles. The molecular formula is C14H19NO3S. The minimum absolute atomic E-state index is 0.0401. The molecule has 0 radical (unpaired) electrons. The van der Waals surface area contributed by atoms with E-state index in [1.54, 1.807) is 16.2 Å². The van der Waals surface area contributed by atoms with Crippen molar-refractivity contribution in [1.29, 1.82) is 0 Å². The summed E-state index contributed by atoms with van der Waals surface area (Å²) in [7, 11) is 1.40. The molecule has 0 bridgehead atoms. The first-order valence-corrected chi connectivity index (χ1v) is 7.43. The Balaban J connectivity index is 2.04. The second-order valence-corrected chi connectivity index (χ2v) is 5.90. The molecule has 0 spiro atoms. The van der Waals surface area contributed by atoms with Gasteiger partial charge in [0.1, 0.15) is 0 Å². The molecule has 104 valence electrons. The van der Waals surface area contributed by atoms with Crippen LogP contribution in [0.25, 0.3) is 0 Å². The van der Waals surface area contributed by atoms with Gasteiger partial charge in [-0.25, -0.2) is 0 Å². The number of ether oxygens (including phenoxy) is 1. The van der Waals surface area contributed by atoms with E-state index in [0.717, 1.165) is 30.7 Å². The van der Waals surface area contributed by atoms with Gasteiger partial charge >= 0.3 is 5.97 Å². The van der Waals surface area contributed by atoms with Crippen LogP contribution in [0.2, 0.25) is 0 Å². The molecule has 4 nitrogen and oxygen atoms in total. The van der Waals surface area contributed by atoms with E-state index in [1.807, 2.05) is 12.1 Å². The van der Waals surface area contributed by atoms with Crippen LogP contribution in [0.1, 0.15) is 34.3 Å². The molecule has 1 aliphatic heterocycles. The fourth-order valence-corrected chi connectivity index (χ4v) is 3.27. The summed E-state index contributed by atoms with van der Waals surface area (Å²) in [6.07, 6.45) is 2.61. The average Bonchev–Trinajstić information content (AvgIpc) is 2.94. The number of nitrogens with zero attached hydrogens (tertiary/aromatic N) is 1. The zero-order chi connectivity index (χ0) is 13.8. The zero-order valence-corrected chi connectivity index (χ0v) is 12.2. The lowest BCUT2D eigenvalue weighted by Gasteiger charge is -2.31. The highest BCUT2D eigenvalue weighted by Gasteiger charge is 2.29. The Kier molecular flexibility index (Phi) is 4.58. The van der Waals surface area contributed by atoms with Crippen LogP contribution in [0.4, 0.5) is 0 Å². The highest BCUT2D eigenvalue weighted by molar-refractivity contribution is 7.14. The number of likely N-dealkylation sites (tertiary alicyclic amines) is 1. The van der Waals surface area contributed by atoms with Crippen LogP contribution >= 0.6 is 11.3 Å². The Hall–Kier alpha value is -1.36. The van der Waals surface area contributed by atoms with E-state index in [9.17, 15) is 9.59 Å². The highest BCUT2D eigenvalue weighted by atomic mass is 32.1. The summed E-state index contributed by atoms with van der Waals surface area (Å²) in [6, 6.07) is 3.88. The number of carbonyl (C=O) groups is 2. The number of thiophene rings is 1. The summed E-state index contributed by atoms with van der Waals surface area (Å²) in [5.41, 5.74) is 0. The smallest absolute Gasteiger partial charge is 0.310 e. The largest absolute Gasteiger partial charge is 0.469 e. The number of rotatable bonds is 3. The second-order valence-electron chi connectivity index (χ2n) is 4.73. The third-order valence-electron chi connectivity index (χ3n) is 3.46. The van der Waals surface area contributed by atoms with E-state index >= 15 is 0 Å². The maximum atomic E-state index is 12.4. The van der Waals surface area contributed by atoms with Crippen molar-refractivity contribution in [3.63, 3.8) is 0 Å². The molecule has 0 aliphatic carbocycles. The number of hydrogen-bond acceptors (Lipinski definition) is 4. The molecule has 1 aromatic rings. The Bertz CT molecular complexity index is 469. The van der Waals surface area contributed by atoms with Gasteiger partial charge in [0.2, 0.25) is 0 Å². The molecule has 2 rings (SSSR count). The van der Waals surface area contributed by atoms with Crippen molar-refractivity contribution in [2.75, 3.05) is 20.2 Å². The number of aryl methyl sites for hydroxylation is 1. The minimum Gasteiger partial charge on any atom is -0.469 e. The molecule has 5 heteroatoms. The van der Waals surface area contributed by atoms with E-state index in [4.69, 9.17) is 4.74 Å². The molecule has 0 aromatic carbocycles. The van der Waals surface area contributed by atoms with E-state index in [0.29, 0.717) is 6.54 Å². The number of carbonyl (C=O) groups excluding carboxylic acids is 2. The van der Waals surface area contributed by atoms with Gasteiger partial charge in [0.25, 0.3) is 5.91 Å². The van der Waals surface area contributed by atoms with Gasteiger partial charge in [0, 0.05) is 18.0 Å². The van der Waals surface area contributed by atoms with Gasteiger partial charge in [-0.1, -0.05) is 6.92 Å². The van der Waals surface area contributed by atoms with Crippen molar-refractivity contribution in [2.45, 2.75) is 26.2 Å². The van der Waals surface area contributed by atoms with E-state index in [-0.39, 0.29) is 17.8 Å². The molecule has 1 atom stereocenters. The third-order valence-corrected chi connectivity index (χ3v) is 4.68. The van der Waals surface area contributed by atoms with Crippen molar-refractivity contribution in [3.8, 4) is 0 Å². The van der Waals surface area contributed by atoms with E-state index in [2.05, 4.69) is 6.92 Å². The predicted molar refractivity (Wildman–Crippen MR) is 74.3 cm³/mol. The first-order chi connectivity index (χ1) is 9.15. The van der Waals surface area contributed by atoms with E-state index in [1.165, 1.54) is 12.0 Å². The zero-order valence-electron chi connectivity index (χ0n) is 11.3. The van der Waals surface area contributed by atoms with Gasteiger partial charge in [-0.3, -0.25) is 9.59 Å². The van der Waals surface area contributed by atoms with Crippen LogP contribution in [0.3, 0.4) is 0 Å². The fourth-order valence-electron chi connectivity index (χ4n) is 2.36. The second kappa shape index (κ2) is 6.19. The number of piperidine rings is 1. The monoisotopic (exact) mass is 281 g/mol. The molecule has 0 N–H and O–H groups in total. The van der Waals surface area contributed by atoms with Crippen LogP contribution < -0.4 is 0 Å². The highest BCUT2D eigenvalue weighted by Crippen LogP contribution is 2.23. The normalized spacial score (nSPS) is 19.3. The standard InChI is InChI=1S/C14H19NO3S/c1-3-11-6-7-12(19-11)13(16)15-8-4-5-10(9-15)14(17)18-2/h6-7,10H,3-5,8-9H2,1-2H3. The van der Waals surface area contributed by atoms with Crippen molar-refractivity contribution in [1.82, 2.24) is 4.90 Å². The van der Waals surface area contributed by atoms with Gasteiger partial charge < -0.3 is 9.64 Å². The number of esters is 1. The van der Waals surface area contributed by atoms with Gasteiger partial charge in [0.05, 0.1) is 17.9 Å². The molecule has 1 fully saturated rings. The summed E-state index contributed by atoms with van der Waals surface area (Å²) in [6.45, 7) is 3.28. The predicted octanol–water partition coefficient (Wildman–Crippen LogP) is 2.34. The topological polar surface area (TPSA) is 46.6 Å². The van der Waals surface area contributed by atoms with Crippen LogP contribution in [-0.2, 0) is 16.0 Å². The molecule has 1 aliphatic rings. The summed E-state index contributed by atoms with van der Waals surface area (Å²) in [4.78, 5) is 27.7. The molecule has 1 unspecified atom stereocenters. The fraction of sp³-hybridized carbons (Fsp3) is 0.571. The van der Waals surface area contributed by atoms with Crippen molar-refractivity contribution in [3.05, 3.63) is 21.9 Å². The van der Waals surface area contributed by atoms with Crippen molar-refractivity contribution < 1.29 is 14.3 Å². The van der Waals surface area contributed by atoms with E-state index < -0.39 is 0 Å². The average molecular weight is 281 g/mol. The summed E-state index contributed by atoms with van der Waals surface area (Å²) in [5.74, 6) is -0.343. The van der Waals surface area contributed by atoms with Gasteiger partial charge in [0.15, 0.2) is 0 Å². The Labute approximate surface area is 117 Å². The molecular weight excluding hydrogens is 262 g/mol. The summed E-state index contributed by atoms with van der Waals surface area (Å²) in [5, 5.41) is 0. The Morgan fingerprint density at radius 3 is 2.89 bits per heavy atom. The molecule has 19 heavy (non-hydrogen) atoms. The quantitative estimate of drug-likeness (QED) is 0.799. The molecule has 1 aromatic heterocycles. The first kappa shape index (κ1) is 14.1.